The van der Waals surface area contributed by atoms with Crippen LogP contribution in [0.2, 0.25) is 0 Å². The zero-order valence-electron chi connectivity index (χ0n) is 11.0. The van der Waals surface area contributed by atoms with Gasteiger partial charge in [0.05, 0.1) is 6.61 Å². The molecule has 0 bridgehead atoms. The van der Waals surface area contributed by atoms with Crippen molar-refractivity contribution in [2.24, 2.45) is 5.92 Å². The lowest BCUT2D eigenvalue weighted by atomic mass is 9.91. The number of halogens is 3. The minimum absolute atomic E-state index is 0.000741. The number of aliphatic hydroxyl groups is 2. The number of alkyl halides is 3. The third kappa shape index (κ3) is 7.10. The largest absolute Gasteiger partial charge is 0.396 e. The summed E-state index contributed by atoms with van der Waals surface area (Å²) in [5.41, 5.74) is 0. The van der Waals surface area contributed by atoms with E-state index >= 15 is 0 Å². The van der Waals surface area contributed by atoms with Gasteiger partial charge < -0.3 is 15.5 Å². The Hall–Kier alpha value is -0.370. The van der Waals surface area contributed by atoms with Crippen molar-refractivity contribution in [3.63, 3.8) is 0 Å². The number of hydrogen-bond donors (Lipinski definition) is 3. The van der Waals surface area contributed by atoms with Crippen molar-refractivity contribution in [1.82, 2.24) is 10.2 Å². The van der Waals surface area contributed by atoms with E-state index in [1.807, 2.05) is 4.90 Å². The first-order chi connectivity index (χ1) is 8.94. The molecule has 1 aliphatic rings. The van der Waals surface area contributed by atoms with Crippen molar-refractivity contribution in [1.29, 1.82) is 0 Å². The molecule has 0 aromatic rings. The van der Waals surface area contributed by atoms with E-state index in [1.165, 1.54) is 0 Å². The molecule has 114 valence electrons. The van der Waals surface area contributed by atoms with Crippen LogP contribution in [-0.2, 0) is 0 Å². The highest BCUT2D eigenvalue weighted by Gasteiger charge is 2.36. The van der Waals surface area contributed by atoms with Gasteiger partial charge in [-0.05, 0) is 25.3 Å². The second-order valence-corrected chi connectivity index (χ2v) is 5.13. The molecule has 19 heavy (non-hydrogen) atoms. The molecule has 0 aromatic carbocycles. The van der Waals surface area contributed by atoms with Crippen LogP contribution >= 0.6 is 0 Å². The topological polar surface area (TPSA) is 55.7 Å². The number of nitrogens with zero attached hydrogens (tertiary/aromatic N) is 1. The molecule has 1 saturated heterocycles. The van der Waals surface area contributed by atoms with Crippen LogP contribution in [0.15, 0.2) is 0 Å². The van der Waals surface area contributed by atoms with Crippen LogP contribution < -0.4 is 5.32 Å². The zero-order chi connectivity index (χ0) is 14.3. The molecular weight excluding hydrogens is 261 g/mol. The lowest BCUT2D eigenvalue weighted by Crippen LogP contribution is -2.50. The Bertz CT molecular complexity index is 252. The normalized spacial score (nSPS) is 25.7. The van der Waals surface area contributed by atoms with Crippen molar-refractivity contribution >= 4 is 0 Å². The predicted octanol–water partition coefficient (Wildman–Crippen LogP) is 0.594. The SMILES string of the molecule is OCCCNC1CC(CC(F)(F)F)CN(CCO)C1. The predicted molar refractivity (Wildman–Crippen MR) is 65.8 cm³/mol. The van der Waals surface area contributed by atoms with Gasteiger partial charge in [0.15, 0.2) is 0 Å². The molecule has 1 aliphatic heterocycles. The third-order valence-corrected chi connectivity index (χ3v) is 3.32. The van der Waals surface area contributed by atoms with Crippen LogP contribution in [0.25, 0.3) is 0 Å². The summed E-state index contributed by atoms with van der Waals surface area (Å²) in [6.07, 6.45) is -3.82. The molecule has 1 rings (SSSR count). The Kier molecular flexibility index (Phi) is 7.06. The molecule has 0 aliphatic carbocycles. The Morgan fingerprint density at radius 1 is 1.16 bits per heavy atom. The minimum Gasteiger partial charge on any atom is -0.396 e. The lowest BCUT2D eigenvalue weighted by Gasteiger charge is -2.38. The number of β-amino-alcohol motifs (C(OH)–C–C–N with tert-alkyl or cyclic N) is 1. The average Bonchev–Trinajstić information content (AvgIpc) is 2.27. The van der Waals surface area contributed by atoms with E-state index in [0.29, 0.717) is 39.0 Å². The number of hydrogen-bond acceptors (Lipinski definition) is 4. The molecule has 0 radical (unpaired) electrons. The summed E-state index contributed by atoms with van der Waals surface area (Å²) in [5.74, 6) is -0.424. The monoisotopic (exact) mass is 284 g/mol. The van der Waals surface area contributed by atoms with E-state index in [9.17, 15) is 13.2 Å². The molecular formula is C12H23F3N2O2. The second kappa shape index (κ2) is 8.04. The lowest BCUT2D eigenvalue weighted by molar-refractivity contribution is -0.149. The van der Waals surface area contributed by atoms with Gasteiger partial charge in [-0.25, -0.2) is 0 Å². The standard InChI is InChI=1S/C12H23F3N2O2/c13-12(14,15)7-10-6-11(16-2-1-4-18)9-17(8-10)3-5-19/h10-11,16,18-19H,1-9H2. The number of piperidine rings is 1. The van der Waals surface area contributed by atoms with Gasteiger partial charge in [0.2, 0.25) is 0 Å². The van der Waals surface area contributed by atoms with Crippen molar-refractivity contribution in [3.05, 3.63) is 0 Å². The molecule has 2 atom stereocenters. The van der Waals surface area contributed by atoms with Gasteiger partial charge in [0, 0.05) is 38.7 Å². The highest BCUT2D eigenvalue weighted by Crippen LogP contribution is 2.30. The van der Waals surface area contributed by atoms with Gasteiger partial charge in [0.1, 0.15) is 0 Å². The van der Waals surface area contributed by atoms with E-state index in [-0.39, 0.29) is 19.3 Å². The van der Waals surface area contributed by atoms with E-state index in [4.69, 9.17) is 10.2 Å². The first-order valence-corrected chi connectivity index (χ1v) is 6.69. The zero-order valence-corrected chi connectivity index (χ0v) is 11.0. The maximum Gasteiger partial charge on any atom is 0.389 e. The fourth-order valence-corrected chi connectivity index (χ4v) is 2.64. The van der Waals surface area contributed by atoms with Crippen molar-refractivity contribution in [2.45, 2.75) is 31.5 Å². The maximum atomic E-state index is 12.5. The van der Waals surface area contributed by atoms with Crippen molar-refractivity contribution in [3.8, 4) is 0 Å². The molecule has 0 amide bonds. The highest BCUT2D eigenvalue weighted by atomic mass is 19.4. The average molecular weight is 284 g/mol. The number of likely N-dealkylation sites (tertiary alicyclic amines) is 1. The van der Waals surface area contributed by atoms with E-state index < -0.39 is 18.5 Å². The van der Waals surface area contributed by atoms with Crippen LogP contribution in [0.3, 0.4) is 0 Å². The number of rotatable bonds is 7. The van der Waals surface area contributed by atoms with E-state index in [0.717, 1.165) is 0 Å². The van der Waals surface area contributed by atoms with Gasteiger partial charge in [-0.2, -0.15) is 13.2 Å². The smallest absolute Gasteiger partial charge is 0.389 e. The fraction of sp³-hybridized carbons (Fsp3) is 1.00. The van der Waals surface area contributed by atoms with Gasteiger partial charge >= 0.3 is 6.18 Å². The molecule has 4 nitrogen and oxygen atoms in total. The quantitative estimate of drug-likeness (QED) is 0.599. The summed E-state index contributed by atoms with van der Waals surface area (Å²) in [7, 11) is 0. The van der Waals surface area contributed by atoms with Gasteiger partial charge in [-0.3, -0.25) is 4.90 Å². The summed E-state index contributed by atoms with van der Waals surface area (Å²) in [4.78, 5) is 1.87. The minimum atomic E-state index is -4.14. The van der Waals surface area contributed by atoms with Crippen LogP contribution in [0.1, 0.15) is 19.3 Å². The molecule has 1 heterocycles. The van der Waals surface area contributed by atoms with Gasteiger partial charge in [0.25, 0.3) is 0 Å². The maximum absolute atomic E-state index is 12.5. The van der Waals surface area contributed by atoms with E-state index in [1.54, 1.807) is 0 Å². The number of aliphatic hydroxyl groups excluding tert-OH is 2. The first kappa shape index (κ1) is 16.7. The van der Waals surface area contributed by atoms with Crippen molar-refractivity contribution in [2.75, 3.05) is 39.4 Å². The Balaban J connectivity index is 2.47. The Morgan fingerprint density at radius 3 is 2.47 bits per heavy atom. The van der Waals surface area contributed by atoms with Crippen LogP contribution in [0.4, 0.5) is 13.2 Å². The van der Waals surface area contributed by atoms with Crippen molar-refractivity contribution < 1.29 is 23.4 Å². The van der Waals surface area contributed by atoms with Crippen LogP contribution in [-0.4, -0.2) is 66.7 Å². The summed E-state index contributed by atoms with van der Waals surface area (Å²) < 4.78 is 37.4. The Morgan fingerprint density at radius 2 is 1.89 bits per heavy atom. The van der Waals surface area contributed by atoms with Gasteiger partial charge in [-0.15, -0.1) is 0 Å². The van der Waals surface area contributed by atoms with Crippen LogP contribution in [0.5, 0.6) is 0 Å². The third-order valence-electron chi connectivity index (χ3n) is 3.32. The molecule has 0 saturated carbocycles. The molecule has 7 heteroatoms. The summed E-state index contributed by atoms with van der Waals surface area (Å²) >= 11 is 0. The first-order valence-electron chi connectivity index (χ1n) is 6.69. The van der Waals surface area contributed by atoms with Crippen LogP contribution in [0, 0.1) is 5.92 Å². The summed E-state index contributed by atoms with van der Waals surface area (Å²) in [6, 6.07) is -0.000741. The molecule has 0 aromatic heterocycles. The summed E-state index contributed by atoms with van der Waals surface area (Å²) in [6.45, 7) is 2.09. The highest BCUT2D eigenvalue weighted by molar-refractivity contribution is 4.84. The molecule has 3 N–H and O–H groups in total. The number of nitrogens with one attached hydrogen (secondary N) is 1. The Labute approximate surface area is 111 Å². The van der Waals surface area contributed by atoms with E-state index in [2.05, 4.69) is 5.32 Å². The molecule has 2 unspecified atom stereocenters. The second-order valence-electron chi connectivity index (χ2n) is 5.13. The fourth-order valence-electron chi connectivity index (χ4n) is 2.64. The molecule has 1 fully saturated rings. The summed E-state index contributed by atoms with van der Waals surface area (Å²) in [5, 5.41) is 20.8. The molecule has 0 spiro atoms. The van der Waals surface area contributed by atoms with Gasteiger partial charge in [-0.1, -0.05) is 0 Å².